The summed E-state index contributed by atoms with van der Waals surface area (Å²) in [6.07, 6.45) is 0.310. The van der Waals surface area contributed by atoms with Gasteiger partial charge in [0.1, 0.15) is 5.82 Å². The Hall–Kier alpha value is -1.77. The summed E-state index contributed by atoms with van der Waals surface area (Å²) in [5.41, 5.74) is 0.814. The van der Waals surface area contributed by atoms with Crippen LogP contribution in [0.15, 0.2) is 47.5 Å². The van der Waals surface area contributed by atoms with Gasteiger partial charge >= 0.3 is 0 Å². The standard InChI is InChI=1S/C17H18F3N3.HI/c1-21-17(23-11-13-5-2-3-7-14(13)18)22-10-9-12-6-4-8-15(19)16(12)20;/h2-8H,9-11H2,1H3,(H2,21,22,23);1H. The molecule has 0 radical (unpaired) electrons. The fraction of sp³-hybridized carbons (Fsp3) is 0.235. The van der Waals surface area contributed by atoms with E-state index < -0.39 is 11.6 Å². The number of hydrogen-bond donors (Lipinski definition) is 2. The molecule has 2 aromatic rings. The van der Waals surface area contributed by atoms with Crippen molar-refractivity contribution in [3.63, 3.8) is 0 Å². The second-order valence-corrected chi connectivity index (χ2v) is 4.91. The van der Waals surface area contributed by atoms with Crippen molar-refractivity contribution in [2.75, 3.05) is 13.6 Å². The van der Waals surface area contributed by atoms with Crippen LogP contribution in [-0.2, 0) is 13.0 Å². The first-order chi connectivity index (χ1) is 11.1. The highest BCUT2D eigenvalue weighted by atomic mass is 127. The highest BCUT2D eigenvalue weighted by Crippen LogP contribution is 2.11. The first kappa shape index (κ1) is 20.3. The third-order valence-electron chi connectivity index (χ3n) is 3.35. The minimum atomic E-state index is -0.857. The fourth-order valence-electron chi connectivity index (χ4n) is 2.10. The average molecular weight is 449 g/mol. The topological polar surface area (TPSA) is 36.4 Å². The van der Waals surface area contributed by atoms with Crippen LogP contribution >= 0.6 is 24.0 Å². The van der Waals surface area contributed by atoms with Gasteiger partial charge in [0.25, 0.3) is 0 Å². The molecule has 0 heterocycles. The van der Waals surface area contributed by atoms with Crippen molar-refractivity contribution in [1.29, 1.82) is 0 Å². The minimum absolute atomic E-state index is 0. The Morgan fingerprint density at radius 1 is 0.917 bits per heavy atom. The maximum atomic E-state index is 13.5. The third kappa shape index (κ3) is 5.70. The molecule has 0 spiro atoms. The van der Waals surface area contributed by atoms with Crippen LogP contribution in [-0.4, -0.2) is 19.6 Å². The van der Waals surface area contributed by atoms with Gasteiger partial charge in [0.05, 0.1) is 0 Å². The minimum Gasteiger partial charge on any atom is -0.356 e. The predicted octanol–water partition coefficient (Wildman–Crippen LogP) is 3.63. The molecular weight excluding hydrogens is 430 g/mol. The molecule has 3 nitrogen and oxygen atoms in total. The van der Waals surface area contributed by atoms with Crippen molar-refractivity contribution in [1.82, 2.24) is 10.6 Å². The molecule has 2 rings (SSSR count). The number of rotatable bonds is 5. The van der Waals surface area contributed by atoms with Crippen molar-refractivity contribution in [3.05, 3.63) is 71.0 Å². The quantitative estimate of drug-likeness (QED) is 0.416. The number of benzene rings is 2. The second kappa shape index (κ2) is 10.2. The summed E-state index contributed by atoms with van der Waals surface area (Å²) < 4.78 is 40.2. The van der Waals surface area contributed by atoms with Crippen LogP contribution in [0.1, 0.15) is 11.1 Å². The summed E-state index contributed by atoms with van der Waals surface area (Å²) in [6.45, 7) is 0.651. The maximum Gasteiger partial charge on any atom is 0.191 e. The summed E-state index contributed by atoms with van der Waals surface area (Å²) >= 11 is 0. The van der Waals surface area contributed by atoms with E-state index in [1.54, 1.807) is 25.2 Å². The Morgan fingerprint density at radius 3 is 2.29 bits per heavy atom. The van der Waals surface area contributed by atoms with Crippen molar-refractivity contribution in [2.24, 2.45) is 4.99 Å². The largest absolute Gasteiger partial charge is 0.356 e. The van der Waals surface area contributed by atoms with Crippen LogP contribution in [0.4, 0.5) is 13.2 Å². The van der Waals surface area contributed by atoms with Gasteiger partial charge < -0.3 is 10.6 Å². The van der Waals surface area contributed by atoms with Gasteiger partial charge in [-0.25, -0.2) is 13.2 Å². The van der Waals surface area contributed by atoms with Crippen molar-refractivity contribution in [2.45, 2.75) is 13.0 Å². The Morgan fingerprint density at radius 2 is 1.58 bits per heavy atom. The van der Waals surface area contributed by atoms with Gasteiger partial charge in [0.2, 0.25) is 0 Å². The first-order valence-electron chi connectivity index (χ1n) is 7.22. The van der Waals surface area contributed by atoms with Crippen molar-refractivity contribution < 1.29 is 13.2 Å². The summed E-state index contributed by atoms with van der Waals surface area (Å²) in [7, 11) is 1.58. The van der Waals surface area contributed by atoms with E-state index in [1.165, 1.54) is 18.2 Å². The highest BCUT2D eigenvalue weighted by molar-refractivity contribution is 14.0. The fourth-order valence-corrected chi connectivity index (χ4v) is 2.10. The zero-order chi connectivity index (χ0) is 16.7. The predicted molar refractivity (Wildman–Crippen MR) is 100 cm³/mol. The summed E-state index contributed by atoms with van der Waals surface area (Å²) in [4.78, 5) is 4.01. The molecule has 0 unspecified atom stereocenters. The van der Waals surface area contributed by atoms with Gasteiger partial charge in [-0.3, -0.25) is 4.99 Å². The molecule has 0 saturated carbocycles. The Bertz CT molecular complexity index is 693. The molecule has 130 valence electrons. The molecule has 0 saturated heterocycles. The molecule has 0 aliphatic carbocycles. The van der Waals surface area contributed by atoms with Crippen LogP contribution < -0.4 is 10.6 Å². The molecule has 0 aromatic heterocycles. The third-order valence-corrected chi connectivity index (χ3v) is 3.35. The molecule has 0 aliphatic heterocycles. The molecule has 0 atom stereocenters. The molecule has 2 N–H and O–H groups in total. The summed E-state index contributed by atoms with van der Waals surface area (Å²) in [5.74, 6) is -1.52. The number of halogens is 4. The van der Waals surface area contributed by atoms with Crippen LogP contribution in [0.5, 0.6) is 0 Å². The zero-order valence-electron chi connectivity index (χ0n) is 13.2. The lowest BCUT2D eigenvalue weighted by atomic mass is 10.1. The number of aliphatic imine (C=N–C) groups is 1. The Balaban J connectivity index is 0.00000288. The lowest BCUT2D eigenvalue weighted by molar-refractivity contribution is 0.498. The average Bonchev–Trinajstić information content (AvgIpc) is 2.56. The van der Waals surface area contributed by atoms with E-state index in [-0.39, 0.29) is 36.3 Å². The number of nitrogens with one attached hydrogen (secondary N) is 2. The number of nitrogens with zero attached hydrogens (tertiary/aromatic N) is 1. The molecule has 0 aliphatic rings. The second-order valence-electron chi connectivity index (χ2n) is 4.91. The molecular formula is C17H19F3IN3. The molecule has 24 heavy (non-hydrogen) atoms. The normalized spacial score (nSPS) is 10.9. The molecule has 2 aromatic carbocycles. The molecule has 0 amide bonds. The van der Waals surface area contributed by atoms with Crippen LogP contribution in [0.25, 0.3) is 0 Å². The number of guanidine groups is 1. The van der Waals surface area contributed by atoms with Gasteiger partial charge in [-0.05, 0) is 24.1 Å². The Kier molecular flexibility index (Phi) is 8.59. The monoisotopic (exact) mass is 449 g/mol. The van der Waals surface area contributed by atoms with E-state index in [2.05, 4.69) is 15.6 Å². The van der Waals surface area contributed by atoms with Crippen molar-refractivity contribution >= 4 is 29.9 Å². The number of hydrogen-bond acceptors (Lipinski definition) is 1. The lowest BCUT2D eigenvalue weighted by Crippen LogP contribution is -2.38. The van der Waals surface area contributed by atoms with Crippen LogP contribution in [0, 0.1) is 17.5 Å². The van der Waals surface area contributed by atoms with Gasteiger partial charge in [-0.2, -0.15) is 0 Å². The molecule has 0 bridgehead atoms. The lowest BCUT2D eigenvalue weighted by Gasteiger charge is -2.12. The first-order valence-corrected chi connectivity index (χ1v) is 7.22. The Labute approximate surface area is 156 Å². The van der Waals surface area contributed by atoms with Crippen LogP contribution in [0.3, 0.4) is 0 Å². The van der Waals surface area contributed by atoms with Gasteiger partial charge in [0, 0.05) is 25.7 Å². The van der Waals surface area contributed by atoms with E-state index in [1.807, 2.05) is 0 Å². The van der Waals surface area contributed by atoms with Gasteiger partial charge in [0.15, 0.2) is 17.6 Å². The van der Waals surface area contributed by atoms with E-state index in [9.17, 15) is 13.2 Å². The zero-order valence-corrected chi connectivity index (χ0v) is 15.5. The van der Waals surface area contributed by atoms with E-state index in [0.29, 0.717) is 30.1 Å². The summed E-state index contributed by atoms with van der Waals surface area (Å²) in [6, 6.07) is 10.5. The van der Waals surface area contributed by atoms with Crippen molar-refractivity contribution in [3.8, 4) is 0 Å². The van der Waals surface area contributed by atoms with Gasteiger partial charge in [-0.15, -0.1) is 24.0 Å². The molecule has 0 fully saturated rings. The molecule has 7 heteroatoms. The van der Waals surface area contributed by atoms with E-state index in [0.717, 1.165) is 6.07 Å². The smallest absolute Gasteiger partial charge is 0.191 e. The maximum absolute atomic E-state index is 13.5. The van der Waals surface area contributed by atoms with Crippen LogP contribution in [0.2, 0.25) is 0 Å². The summed E-state index contributed by atoms with van der Waals surface area (Å²) in [5, 5.41) is 5.95. The highest BCUT2D eigenvalue weighted by Gasteiger charge is 2.07. The van der Waals surface area contributed by atoms with E-state index >= 15 is 0 Å². The van der Waals surface area contributed by atoms with E-state index in [4.69, 9.17) is 0 Å². The van der Waals surface area contributed by atoms with Gasteiger partial charge in [-0.1, -0.05) is 30.3 Å². The SMILES string of the molecule is CN=C(NCCc1cccc(F)c1F)NCc1ccccc1F.I.